The van der Waals surface area contributed by atoms with Gasteiger partial charge in [0.05, 0.1) is 10.8 Å². The molecule has 0 saturated heterocycles. The van der Waals surface area contributed by atoms with E-state index in [1.807, 2.05) is 49.1 Å². The number of nitrogens with zero attached hydrogens (tertiary/aromatic N) is 5. The molecule has 4 aromatic rings. The maximum Gasteiger partial charge on any atom is 0.236 e. The molecule has 6 nitrogen and oxygen atoms in total. The molecular formula is C22H21N5OS. The molecule has 0 bridgehead atoms. The van der Waals surface area contributed by atoms with Crippen LogP contribution in [-0.2, 0) is 17.8 Å². The van der Waals surface area contributed by atoms with Gasteiger partial charge in [-0.1, -0.05) is 48.2 Å². The number of hydrogen-bond acceptors (Lipinski definition) is 5. The van der Waals surface area contributed by atoms with Gasteiger partial charge in [0.2, 0.25) is 5.91 Å². The Morgan fingerprint density at radius 1 is 1.07 bits per heavy atom. The fourth-order valence-corrected chi connectivity index (χ4v) is 4.80. The van der Waals surface area contributed by atoms with Crippen molar-refractivity contribution >= 4 is 34.2 Å². The second kappa shape index (κ2) is 7.15. The first-order valence-electron chi connectivity index (χ1n) is 9.74. The quantitative estimate of drug-likeness (QED) is 0.386. The zero-order chi connectivity index (χ0) is 20.0. The number of hydrogen-bond donors (Lipinski definition) is 0. The highest BCUT2D eigenvalue weighted by molar-refractivity contribution is 8.00. The Morgan fingerprint density at radius 2 is 1.83 bits per heavy atom. The van der Waals surface area contributed by atoms with Gasteiger partial charge in [-0.3, -0.25) is 4.79 Å². The highest BCUT2D eigenvalue weighted by atomic mass is 32.2. The fraction of sp³-hybridized carbons (Fsp3) is 0.273. The lowest BCUT2D eigenvalue weighted by atomic mass is 10.00. The van der Waals surface area contributed by atoms with Crippen LogP contribution in [-0.4, -0.2) is 42.2 Å². The van der Waals surface area contributed by atoms with Crippen LogP contribution in [0.5, 0.6) is 0 Å². The molecular weight excluding hydrogens is 382 g/mol. The Morgan fingerprint density at radius 3 is 2.69 bits per heavy atom. The summed E-state index contributed by atoms with van der Waals surface area (Å²) in [5.41, 5.74) is 4.22. The molecule has 1 aliphatic rings. The van der Waals surface area contributed by atoms with Gasteiger partial charge >= 0.3 is 0 Å². The number of benzene rings is 2. The molecule has 1 unspecified atom stereocenters. The van der Waals surface area contributed by atoms with Crippen LogP contribution in [0.2, 0.25) is 0 Å². The molecule has 1 atom stereocenters. The minimum absolute atomic E-state index is 0.129. The molecule has 0 fully saturated rings. The number of para-hydroxylation sites is 1. The highest BCUT2D eigenvalue weighted by Gasteiger charge is 2.26. The topological polar surface area (TPSA) is 63.4 Å². The van der Waals surface area contributed by atoms with E-state index in [1.54, 1.807) is 4.52 Å². The van der Waals surface area contributed by atoms with Crippen LogP contribution in [0.4, 0.5) is 0 Å². The number of fused-ring (bicyclic) bond motifs is 4. The van der Waals surface area contributed by atoms with Crippen LogP contribution in [0.3, 0.4) is 0 Å². The maximum atomic E-state index is 13.1. The van der Waals surface area contributed by atoms with E-state index in [0.29, 0.717) is 17.5 Å². The van der Waals surface area contributed by atoms with Crippen molar-refractivity contribution in [1.82, 2.24) is 24.5 Å². The third kappa shape index (κ3) is 3.25. The summed E-state index contributed by atoms with van der Waals surface area (Å²) in [5.74, 6) is 0.820. The summed E-state index contributed by atoms with van der Waals surface area (Å²) in [6, 6.07) is 16.3. The molecule has 1 aliphatic heterocycles. The number of aromatic nitrogens is 4. The number of aryl methyl sites for hydroxylation is 1. The van der Waals surface area contributed by atoms with Crippen LogP contribution in [0, 0.1) is 6.92 Å². The summed E-state index contributed by atoms with van der Waals surface area (Å²) >= 11 is 1.44. The number of carbonyl (C=O) groups is 1. The van der Waals surface area contributed by atoms with Gasteiger partial charge in [-0.15, -0.1) is 5.10 Å². The van der Waals surface area contributed by atoms with Gasteiger partial charge < -0.3 is 4.90 Å². The lowest BCUT2D eigenvalue weighted by molar-refractivity contribution is -0.131. The van der Waals surface area contributed by atoms with Crippen molar-refractivity contribution in [1.29, 1.82) is 0 Å². The first kappa shape index (κ1) is 18.1. The van der Waals surface area contributed by atoms with Crippen molar-refractivity contribution in [3.63, 3.8) is 0 Å². The Hall–Kier alpha value is -2.93. The van der Waals surface area contributed by atoms with Crippen LogP contribution >= 0.6 is 11.8 Å². The predicted octanol–water partition coefficient (Wildman–Crippen LogP) is 3.65. The number of carbonyl (C=O) groups excluding carboxylic acids is 1. The molecule has 2 aromatic carbocycles. The maximum absolute atomic E-state index is 13.1. The molecule has 0 spiro atoms. The molecule has 5 rings (SSSR count). The number of amides is 1. The van der Waals surface area contributed by atoms with Crippen molar-refractivity contribution in [2.24, 2.45) is 0 Å². The van der Waals surface area contributed by atoms with Crippen molar-refractivity contribution < 1.29 is 4.79 Å². The van der Waals surface area contributed by atoms with Crippen molar-refractivity contribution in [3.8, 4) is 0 Å². The average Bonchev–Trinajstić information content (AvgIpc) is 3.15. The van der Waals surface area contributed by atoms with Crippen LogP contribution in [0.1, 0.15) is 23.9 Å². The lowest BCUT2D eigenvalue weighted by Gasteiger charge is -2.30. The summed E-state index contributed by atoms with van der Waals surface area (Å²) in [5, 5.41) is 5.91. The second-order valence-electron chi connectivity index (χ2n) is 7.34. The van der Waals surface area contributed by atoms with Crippen LogP contribution in [0.15, 0.2) is 53.7 Å². The van der Waals surface area contributed by atoms with E-state index >= 15 is 0 Å². The Bertz CT molecular complexity index is 1230. The summed E-state index contributed by atoms with van der Waals surface area (Å²) in [4.78, 5) is 24.4. The van der Waals surface area contributed by atoms with Crippen LogP contribution < -0.4 is 0 Å². The van der Waals surface area contributed by atoms with Crippen molar-refractivity contribution in [2.45, 2.75) is 37.2 Å². The van der Waals surface area contributed by atoms with E-state index in [1.165, 1.54) is 22.9 Å². The molecule has 29 heavy (non-hydrogen) atoms. The summed E-state index contributed by atoms with van der Waals surface area (Å²) in [7, 11) is 0. The largest absolute Gasteiger partial charge is 0.337 e. The van der Waals surface area contributed by atoms with E-state index in [2.05, 4.69) is 28.3 Å². The van der Waals surface area contributed by atoms with Crippen molar-refractivity contribution in [2.75, 3.05) is 6.54 Å². The Labute approximate surface area is 173 Å². The standard InChI is InChI=1S/C22H21N5OS/c1-14(21(28)26-12-11-16-7-3-4-8-17(16)13-26)29-22-24-19-10-6-5-9-18(19)20-23-15(2)25-27(20)22/h3-10,14H,11-13H2,1-2H3. The van der Waals surface area contributed by atoms with Crippen molar-refractivity contribution in [3.05, 3.63) is 65.5 Å². The molecule has 0 saturated carbocycles. The predicted molar refractivity (Wildman–Crippen MR) is 114 cm³/mol. The van der Waals surface area contributed by atoms with Gasteiger partial charge in [0.25, 0.3) is 0 Å². The summed E-state index contributed by atoms with van der Waals surface area (Å²) < 4.78 is 1.76. The number of thioether (sulfide) groups is 1. The van der Waals surface area contributed by atoms with Gasteiger partial charge in [-0.25, -0.2) is 9.97 Å². The third-order valence-corrected chi connectivity index (χ3v) is 6.36. The smallest absolute Gasteiger partial charge is 0.236 e. The SMILES string of the molecule is Cc1nc2c3ccccc3nc(SC(C)C(=O)N3CCc4ccccc4C3)n2n1. The van der Waals surface area contributed by atoms with Gasteiger partial charge in [0, 0.05) is 18.5 Å². The zero-order valence-electron chi connectivity index (χ0n) is 16.4. The molecule has 1 amide bonds. The first-order chi connectivity index (χ1) is 14.1. The monoisotopic (exact) mass is 403 g/mol. The molecule has 0 aliphatic carbocycles. The highest BCUT2D eigenvalue weighted by Crippen LogP contribution is 2.28. The normalized spacial score (nSPS) is 14.9. The molecule has 146 valence electrons. The second-order valence-corrected chi connectivity index (χ2v) is 8.65. The van der Waals surface area contributed by atoms with Crippen LogP contribution in [0.25, 0.3) is 16.6 Å². The molecule has 0 N–H and O–H groups in total. The summed E-state index contributed by atoms with van der Waals surface area (Å²) in [6.45, 7) is 5.24. The van der Waals surface area contributed by atoms with E-state index in [0.717, 1.165) is 29.5 Å². The number of rotatable bonds is 3. The first-order valence-corrected chi connectivity index (χ1v) is 10.6. The molecule has 2 aromatic heterocycles. The summed E-state index contributed by atoms with van der Waals surface area (Å²) in [6.07, 6.45) is 0.903. The van der Waals surface area contributed by atoms with E-state index in [4.69, 9.17) is 4.98 Å². The molecule has 3 heterocycles. The van der Waals surface area contributed by atoms with Gasteiger partial charge in [-0.2, -0.15) is 4.52 Å². The third-order valence-electron chi connectivity index (χ3n) is 5.33. The van der Waals surface area contributed by atoms with E-state index in [-0.39, 0.29) is 11.2 Å². The fourth-order valence-electron chi connectivity index (χ4n) is 3.86. The Balaban J connectivity index is 1.44. The minimum Gasteiger partial charge on any atom is -0.337 e. The molecule has 7 heteroatoms. The van der Waals surface area contributed by atoms with Gasteiger partial charge in [-0.05, 0) is 43.5 Å². The van der Waals surface area contributed by atoms with E-state index in [9.17, 15) is 4.79 Å². The van der Waals surface area contributed by atoms with E-state index < -0.39 is 0 Å². The minimum atomic E-state index is -0.262. The Kier molecular flexibility index (Phi) is 4.47. The lowest BCUT2D eigenvalue weighted by Crippen LogP contribution is -2.40. The van der Waals surface area contributed by atoms with Gasteiger partial charge in [0.1, 0.15) is 5.82 Å². The average molecular weight is 404 g/mol. The zero-order valence-corrected chi connectivity index (χ0v) is 17.2. The molecule has 0 radical (unpaired) electrons. The van der Waals surface area contributed by atoms with Gasteiger partial charge in [0.15, 0.2) is 10.8 Å².